The second-order valence-corrected chi connectivity index (χ2v) is 7.23. The van der Waals surface area contributed by atoms with Crippen molar-refractivity contribution in [3.05, 3.63) is 54.0 Å². The quantitative estimate of drug-likeness (QED) is 0.784. The first-order valence-corrected chi connectivity index (χ1v) is 8.81. The molecule has 0 N–H and O–H groups in total. The summed E-state index contributed by atoms with van der Waals surface area (Å²) in [7, 11) is -3.46. The SMILES string of the molecule is O=C(OCc1ccco1)c1ccc(S(=O)(=O)N2CCCC2)cc1. The normalized spacial score (nSPS) is 15.7. The van der Waals surface area contributed by atoms with E-state index in [0.717, 1.165) is 12.8 Å². The first-order chi connectivity index (χ1) is 11.1. The number of sulfonamides is 1. The smallest absolute Gasteiger partial charge is 0.338 e. The van der Waals surface area contributed by atoms with Crippen LogP contribution < -0.4 is 0 Å². The third-order valence-electron chi connectivity index (χ3n) is 3.72. The fourth-order valence-electron chi connectivity index (χ4n) is 2.46. The fraction of sp³-hybridized carbons (Fsp3) is 0.312. The Bertz CT molecular complexity index is 759. The lowest BCUT2D eigenvalue weighted by molar-refractivity contribution is 0.0445. The van der Waals surface area contributed by atoms with Gasteiger partial charge >= 0.3 is 5.97 Å². The van der Waals surface area contributed by atoms with Crippen LogP contribution in [0.3, 0.4) is 0 Å². The first-order valence-electron chi connectivity index (χ1n) is 7.37. The first kappa shape index (κ1) is 15.8. The molecule has 1 aromatic carbocycles. The Morgan fingerprint density at radius 1 is 1.13 bits per heavy atom. The van der Waals surface area contributed by atoms with Crippen LogP contribution in [0, 0.1) is 0 Å². The van der Waals surface area contributed by atoms with Gasteiger partial charge in [-0.15, -0.1) is 0 Å². The zero-order chi connectivity index (χ0) is 16.3. The molecule has 1 aliphatic rings. The Labute approximate surface area is 134 Å². The monoisotopic (exact) mass is 335 g/mol. The molecule has 1 saturated heterocycles. The summed E-state index contributed by atoms with van der Waals surface area (Å²) in [6, 6.07) is 9.23. The van der Waals surface area contributed by atoms with Crippen molar-refractivity contribution in [1.29, 1.82) is 0 Å². The van der Waals surface area contributed by atoms with Crippen molar-refractivity contribution in [1.82, 2.24) is 4.31 Å². The summed E-state index contributed by atoms with van der Waals surface area (Å²) in [6.07, 6.45) is 3.27. The zero-order valence-electron chi connectivity index (χ0n) is 12.5. The van der Waals surface area contributed by atoms with E-state index in [1.165, 1.54) is 34.8 Å². The second-order valence-electron chi connectivity index (χ2n) is 5.29. The molecule has 2 aromatic rings. The van der Waals surface area contributed by atoms with Gasteiger partial charge in [0.25, 0.3) is 0 Å². The average Bonchev–Trinajstić information content (AvgIpc) is 3.26. The molecule has 2 heterocycles. The van der Waals surface area contributed by atoms with Crippen molar-refractivity contribution in [2.75, 3.05) is 13.1 Å². The van der Waals surface area contributed by atoms with Crippen molar-refractivity contribution < 1.29 is 22.4 Å². The lowest BCUT2D eigenvalue weighted by Crippen LogP contribution is -2.27. The lowest BCUT2D eigenvalue weighted by atomic mass is 10.2. The largest absolute Gasteiger partial charge is 0.466 e. The predicted octanol–water partition coefficient (Wildman–Crippen LogP) is 2.42. The van der Waals surface area contributed by atoms with Crippen molar-refractivity contribution in [3.8, 4) is 0 Å². The van der Waals surface area contributed by atoms with Crippen LogP contribution in [0.4, 0.5) is 0 Å². The maximum absolute atomic E-state index is 12.4. The minimum absolute atomic E-state index is 0.0413. The van der Waals surface area contributed by atoms with E-state index in [4.69, 9.17) is 9.15 Å². The molecular weight excluding hydrogens is 318 g/mol. The van der Waals surface area contributed by atoms with E-state index in [-0.39, 0.29) is 11.5 Å². The third-order valence-corrected chi connectivity index (χ3v) is 5.63. The van der Waals surface area contributed by atoms with Crippen LogP contribution in [0.1, 0.15) is 29.0 Å². The predicted molar refractivity (Wildman–Crippen MR) is 82.3 cm³/mol. The van der Waals surface area contributed by atoms with Crippen LogP contribution in [0.5, 0.6) is 0 Å². The molecule has 23 heavy (non-hydrogen) atoms. The molecule has 0 aliphatic carbocycles. The Hall–Kier alpha value is -2.12. The summed E-state index contributed by atoms with van der Waals surface area (Å²) >= 11 is 0. The van der Waals surface area contributed by atoms with Gasteiger partial charge in [-0.25, -0.2) is 13.2 Å². The summed E-state index contributed by atoms with van der Waals surface area (Å²) in [5, 5.41) is 0. The van der Waals surface area contributed by atoms with E-state index >= 15 is 0 Å². The van der Waals surface area contributed by atoms with Crippen LogP contribution in [0.15, 0.2) is 52.0 Å². The van der Waals surface area contributed by atoms with Gasteiger partial charge < -0.3 is 9.15 Å². The summed E-state index contributed by atoms with van der Waals surface area (Å²) in [6.45, 7) is 1.14. The Morgan fingerprint density at radius 2 is 1.83 bits per heavy atom. The van der Waals surface area contributed by atoms with Crippen molar-refractivity contribution in [2.24, 2.45) is 0 Å². The van der Waals surface area contributed by atoms with Crippen LogP contribution >= 0.6 is 0 Å². The lowest BCUT2D eigenvalue weighted by Gasteiger charge is -2.15. The molecular formula is C16H17NO5S. The highest BCUT2D eigenvalue weighted by Gasteiger charge is 2.27. The van der Waals surface area contributed by atoms with Crippen molar-refractivity contribution >= 4 is 16.0 Å². The van der Waals surface area contributed by atoms with E-state index in [1.54, 1.807) is 12.1 Å². The molecule has 1 aromatic heterocycles. The standard InChI is InChI=1S/C16H17NO5S/c18-16(22-12-14-4-3-11-21-14)13-5-7-15(8-6-13)23(19,20)17-9-1-2-10-17/h3-8,11H,1-2,9-10,12H2. The molecule has 3 rings (SSSR count). The average molecular weight is 335 g/mol. The zero-order valence-corrected chi connectivity index (χ0v) is 13.3. The molecule has 0 atom stereocenters. The maximum atomic E-state index is 12.4. The van der Waals surface area contributed by atoms with Gasteiger partial charge in [-0.2, -0.15) is 4.31 Å². The molecule has 6 nitrogen and oxygen atoms in total. The number of nitrogens with zero attached hydrogens (tertiary/aromatic N) is 1. The van der Waals surface area contributed by atoms with Gasteiger partial charge in [-0.1, -0.05) is 0 Å². The molecule has 0 unspecified atom stereocenters. The van der Waals surface area contributed by atoms with Gasteiger partial charge in [0.2, 0.25) is 10.0 Å². The number of hydrogen-bond donors (Lipinski definition) is 0. The summed E-state index contributed by atoms with van der Waals surface area (Å²) < 4.78 is 36.4. The minimum Gasteiger partial charge on any atom is -0.466 e. The summed E-state index contributed by atoms with van der Waals surface area (Å²) in [5.41, 5.74) is 0.303. The van der Waals surface area contributed by atoms with E-state index in [9.17, 15) is 13.2 Å². The topological polar surface area (TPSA) is 76.8 Å². The summed E-state index contributed by atoms with van der Waals surface area (Å²) in [4.78, 5) is 12.1. The van der Waals surface area contributed by atoms with Crippen LogP contribution in [-0.2, 0) is 21.4 Å². The molecule has 0 bridgehead atoms. The number of benzene rings is 1. The van der Waals surface area contributed by atoms with E-state index in [1.807, 2.05) is 0 Å². The molecule has 0 spiro atoms. The van der Waals surface area contributed by atoms with Gasteiger partial charge in [0.1, 0.15) is 12.4 Å². The molecule has 122 valence electrons. The van der Waals surface area contributed by atoms with Crippen molar-refractivity contribution in [2.45, 2.75) is 24.3 Å². The van der Waals surface area contributed by atoms with Gasteiger partial charge in [-0.3, -0.25) is 0 Å². The van der Waals surface area contributed by atoms with E-state index < -0.39 is 16.0 Å². The van der Waals surface area contributed by atoms with Gasteiger partial charge in [-0.05, 0) is 49.2 Å². The summed E-state index contributed by atoms with van der Waals surface area (Å²) in [5.74, 6) is 0.0260. The van der Waals surface area contributed by atoms with E-state index in [2.05, 4.69) is 0 Å². The van der Waals surface area contributed by atoms with Crippen LogP contribution in [0.25, 0.3) is 0 Å². The number of hydrogen-bond acceptors (Lipinski definition) is 5. The molecule has 1 fully saturated rings. The fourth-order valence-corrected chi connectivity index (χ4v) is 3.97. The van der Waals surface area contributed by atoms with Gasteiger partial charge in [0, 0.05) is 13.1 Å². The van der Waals surface area contributed by atoms with Crippen LogP contribution in [0.2, 0.25) is 0 Å². The highest BCUT2D eigenvalue weighted by atomic mass is 32.2. The highest BCUT2D eigenvalue weighted by molar-refractivity contribution is 7.89. The Kier molecular flexibility index (Phi) is 4.49. The highest BCUT2D eigenvalue weighted by Crippen LogP contribution is 2.21. The second kappa shape index (κ2) is 6.55. The van der Waals surface area contributed by atoms with Crippen LogP contribution in [-0.4, -0.2) is 31.8 Å². The Morgan fingerprint density at radius 3 is 2.43 bits per heavy atom. The molecule has 0 amide bonds. The number of carbonyl (C=O) groups is 1. The number of furan rings is 1. The molecule has 0 saturated carbocycles. The third kappa shape index (κ3) is 3.46. The van der Waals surface area contributed by atoms with Gasteiger partial charge in [0.05, 0.1) is 16.7 Å². The minimum atomic E-state index is -3.46. The molecule has 1 aliphatic heterocycles. The number of rotatable bonds is 5. The Balaban J connectivity index is 1.67. The maximum Gasteiger partial charge on any atom is 0.338 e. The molecule has 0 radical (unpaired) electrons. The number of ether oxygens (including phenoxy) is 1. The van der Waals surface area contributed by atoms with Gasteiger partial charge in [0.15, 0.2) is 0 Å². The van der Waals surface area contributed by atoms with E-state index in [0.29, 0.717) is 24.4 Å². The molecule has 7 heteroatoms. The number of esters is 1. The van der Waals surface area contributed by atoms with Crippen molar-refractivity contribution in [3.63, 3.8) is 0 Å². The number of carbonyl (C=O) groups excluding carboxylic acids is 1.